The number of aromatic nitrogens is 1. The maximum Gasteiger partial charge on any atom is 0.259 e. The minimum Gasteiger partial charge on any atom is -0.398 e. The zero-order chi connectivity index (χ0) is 17.3. The van der Waals surface area contributed by atoms with Gasteiger partial charge in [0.25, 0.3) is 5.91 Å². The Morgan fingerprint density at radius 1 is 1.25 bits per heavy atom. The lowest BCUT2D eigenvalue weighted by Gasteiger charge is -2.22. The topological polar surface area (TPSA) is 68.3 Å². The molecule has 3 rings (SSSR count). The number of nitrogens with zero attached hydrogens (tertiary/aromatic N) is 2. The molecule has 0 spiro atoms. The van der Waals surface area contributed by atoms with Crippen LogP contribution >= 0.6 is 0 Å². The fraction of sp³-hybridized carbons (Fsp3) is 0.474. The van der Waals surface area contributed by atoms with Crippen molar-refractivity contribution in [1.82, 2.24) is 9.47 Å². The van der Waals surface area contributed by atoms with Crippen LogP contribution in [-0.2, 0) is 0 Å². The van der Waals surface area contributed by atoms with Crippen LogP contribution in [0.4, 0.5) is 5.69 Å². The van der Waals surface area contributed by atoms with Crippen molar-refractivity contribution in [3.05, 3.63) is 40.2 Å². The molecule has 1 aromatic carbocycles. The summed E-state index contributed by atoms with van der Waals surface area (Å²) >= 11 is 0. The minimum atomic E-state index is -0.255. The molecule has 1 saturated carbocycles. The average Bonchev–Trinajstić information content (AvgIpc) is 3.10. The molecule has 128 valence electrons. The Balaban J connectivity index is 2.27. The van der Waals surface area contributed by atoms with Crippen molar-refractivity contribution in [2.24, 2.45) is 0 Å². The van der Waals surface area contributed by atoms with E-state index in [4.69, 9.17) is 5.73 Å². The van der Waals surface area contributed by atoms with Crippen molar-refractivity contribution in [3.8, 4) is 0 Å². The maximum atomic E-state index is 13.0. The van der Waals surface area contributed by atoms with Gasteiger partial charge in [-0.25, -0.2) is 0 Å². The van der Waals surface area contributed by atoms with E-state index < -0.39 is 0 Å². The highest BCUT2D eigenvalue weighted by Crippen LogP contribution is 2.32. The van der Waals surface area contributed by atoms with Gasteiger partial charge < -0.3 is 15.2 Å². The van der Waals surface area contributed by atoms with Gasteiger partial charge >= 0.3 is 0 Å². The molecular formula is C19H25N3O2. The highest BCUT2D eigenvalue weighted by Gasteiger charge is 2.24. The normalized spacial score (nSPS) is 15.1. The molecule has 1 fully saturated rings. The van der Waals surface area contributed by atoms with Crippen LogP contribution < -0.4 is 11.2 Å². The van der Waals surface area contributed by atoms with Crippen LogP contribution in [0.15, 0.2) is 29.2 Å². The third kappa shape index (κ3) is 2.68. The first kappa shape index (κ1) is 16.6. The van der Waals surface area contributed by atoms with E-state index in [2.05, 4.69) is 4.57 Å². The predicted molar refractivity (Wildman–Crippen MR) is 97.4 cm³/mol. The molecule has 1 aliphatic rings. The maximum absolute atomic E-state index is 13.0. The molecule has 5 heteroatoms. The van der Waals surface area contributed by atoms with E-state index in [9.17, 15) is 9.59 Å². The summed E-state index contributed by atoms with van der Waals surface area (Å²) in [4.78, 5) is 27.5. The molecule has 2 aromatic rings. The van der Waals surface area contributed by atoms with Crippen LogP contribution in [0.3, 0.4) is 0 Å². The number of fused-ring (bicyclic) bond motifs is 1. The van der Waals surface area contributed by atoms with Gasteiger partial charge in [0.15, 0.2) is 0 Å². The largest absolute Gasteiger partial charge is 0.398 e. The molecule has 0 saturated heterocycles. The SMILES string of the molecule is CCN(CC)C(=O)c1cn(C2CCCC2)c2cccc(N)c2c1=O. The molecule has 0 unspecified atom stereocenters. The fourth-order valence-electron chi connectivity index (χ4n) is 3.74. The summed E-state index contributed by atoms with van der Waals surface area (Å²) in [5, 5.41) is 0.474. The van der Waals surface area contributed by atoms with Crippen molar-refractivity contribution in [2.45, 2.75) is 45.6 Å². The van der Waals surface area contributed by atoms with Crippen LogP contribution in [0.2, 0.25) is 0 Å². The summed E-state index contributed by atoms with van der Waals surface area (Å²) < 4.78 is 2.11. The number of hydrogen-bond acceptors (Lipinski definition) is 3. The summed E-state index contributed by atoms with van der Waals surface area (Å²) in [6, 6.07) is 5.86. The number of benzene rings is 1. The Morgan fingerprint density at radius 2 is 1.92 bits per heavy atom. The highest BCUT2D eigenvalue weighted by molar-refractivity contribution is 6.00. The number of carbonyl (C=O) groups excluding carboxylic acids is 1. The van der Waals surface area contributed by atoms with Gasteiger partial charge in [0.05, 0.1) is 10.9 Å². The third-order valence-corrected chi connectivity index (χ3v) is 5.09. The second kappa shape index (κ2) is 6.67. The number of pyridine rings is 1. The van der Waals surface area contributed by atoms with E-state index in [1.165, 1.54) is 12.8 Å². The number of nitrogen functional groups attached to an aromatic ring is 1. The molecule has 1 amide bonds. The molecule has 1 heterocycles. The average molecular weight is 327 g/mol. The van der Waals surface area contributed by atoms with Gasteiger partial charge in [0.2, 0.25) is 5.43 Å². The third-order valence-electron chi connectivity index (χ3n) is 5.09. The summed E-state index contributed by atoms with van der Waals surface area (Å²) in [7, 11) is 0. The van der Waals surface area contributed by atoms with E-state index in [0.29, 0.717) is 30.2 Å². The van der Waals surface area contributed by atoms with Gasteiger partial charge in [-0.1, -0.05) is 18.9 Å². The molecule has 1 aliphatic carbocycles. The molecule has 0 bridgehead atoms. The Hall–Kier alpha value is -2.30. The minimum absolute atomic E-state index is 0.207. The summed E-state index contributed by atoms with van der Waals surface area (Å²) in [5.74, 6) is -0.207. The first-order chi connectivity index (χ1) is 11.6. The number of anilines is 1. The quantitative estimate of drug-likeness (QED) is 0.877. The molecule has 1 aromatic heterocycles. The number of carbonyl (C=O) groups is 1. The van der Waals surface area contributed by atoms with Crippen molar-refractivity contribution >= 4 is 22.5 Å². The van der Waals surface area contributed by atoms with Gasteiger partial charge in [0, 0.05) is 31.0 Å². The van der Waals surface area contributed by atoms with Gasteiger partial charge in [-0.15, -0.1) is 0 Å². The van der Waals surface area contributed by atoms with Crippen LogP contribution in [0.25, 0.3) is 10.9 Å². The van der Waals surface area contributed by atoms with Crippen molar-refractivity contribution in [2.75, 3.05) is 18.8 Å². The zero-order valence-electron chi connectivity index (χ0n) is 14.4. The highest BCUT2D eigenvalue weighted by atomic mass is 16.2. The summed E-state index contributed by atoms with van der Waals surface area (Å²) in [6.07, 6.45) is 6.28. The summed E-state index contributed by atoms with van der Waals surface area (Å²) in [6.45, 7) is 5.01. The molecule has 0 radical (unpaired) electrons. The fourth-order valence-corrected chi connectivity index (χ4v) is 3.74. The predicted octanol–water partition coefficient (Wildman–Crippen LogP) is 3.18. The van der Waals surface area contributed by atoms with E-state index in [-0.39, 0.29) is 16.9 Å². The van der Waals surface area contributed by atoms with Crippen LogP contribution in [0, 0.1) is 0 Å². The smallest absolute Gasteiger partial charge is 0.259 e. The van der Waals surface area contributed by atoms with Crippen LogP contribution in [0.1, 0.15) is 55.9 Å². The molecule has 2 N–H and O–H groups in total. The molecule has 5 nitrogen and oxygen atoms in total. The first-order valence-corrected chi connectivity index (χ1v) is 8.81. The summed E-state index contributed by atoms with van der Waals surface area (Å²) in [5.41, 5.74) is 7.35. The number of hydrogen-bond donors (Lipinski definition) is 1. The van der Waals surface area contributed by atoms with Crippen molar-refractivity contribution in [1.29, 1.82) is 0 Å². The second-order valence-corrected chi connectivity index (χ2v) is 6.44. The van der Waals surface area contributed by atoms with Crippen molar-refractivity contribution < 1.29 is 4.79 Å². The number of nitrogens with two attached hydrogens (primary N) is 1. The molecule has 24 heavy (non-hydrogen) atoms. The van der Waals surface area contributed by atoms with Gasteiger partial charge in [-0.05, 0) is 38.8 Å². The Kier molecular flexibility index (Phi) is 4.60. The number of amides is 1. The number of rotatable bonds is 4. The first-order valence-electron chi connectivity index (χ1n) is 8.81. The van der Waals surface area contributed by atoms with E-state index >= 15 is 0 Å². The molecule has 0 atom stereocenters. The lowest BCUT2D eigenvalue weighted by Crippen LogP contribution is -2.35. The zero-order valence-corrected chi connectivity index (χ0v) is 14.4. The van der Waals surface area contributed by atoms with E-state index in [1.807, 2.05) is 26.0 Å². The van der Waals surface area contributed by atoms with Gasteiger partial charge in [-0.2, -0.15) is 0 Å². The molecule has 0 aliphatic heterocycles. The lowest BCUT2D eigenvalue weighted by molar-refractivity contribution is 0.0771. The standard InChI is InChI=1S/C19H25N3O2/c1-3-21(4-2)19(24)14-12-22(13-8-5-6-9-13)16-11-7-10-15(20)17(16)18(14)23/h7,10-13H,3-6,8-9,20H2,1-2H3. The van der Waals surface area contributed by atoms with Gasteiger partial charge in [-0.3, -0.25) is 9.59 Å². The Labute approximate surface area is 142 Å². The van der Waals surface area contributed by atoms with Gasteiger partial charge in [0.1, 0.15) is 5.56 Å². The molecular weight excluding hydrogens is 302 g/mol. The van der Waals surface area contributed by atoms with Crippen molar-refractivity contribution in [3.63, 3.8) is 0 Å². The van der Waals surface area contributed by atoms with E-state index in [1.54, 1.807) is 17.2 Å². The second-order valence-electron chi connectivity index (χ2n) is 6.44. The van der Waals surface area contributed by atoms with Crippen LogP contribution in [0.5, 0.6) is 0 Å². The lowest BCUT2D eigenvalue weighted by atomic mass is 10.1. The van der Waals surface area contributed by atoms with Crippen LogP contribution in [-0.4, -0.2) is 28.5 Å². The monoisotopic (exact) mass is 327 g/mol. The van der Waals surface area contributed by atoms with E-state index in [0.717, 1.165) is 18.4 Å². The Bertz CT molecular complexity index is 815. The Morgan fingerprint density at radius 3 is 2.54 bits per heavy atom.